The SMILES string of the molecule is Cc1noc(CNC(=O)C2CCN(S(=O)(=O)c3ccc(C(C)(C)C)cc3)CC2)n1. The van der Waals surface area contributed by atoms with Crippen molar-refractivity contribution in [2.24, 2.45) is 5.92 Å². The molecule has 158 valence electrons. The summed E-state index contributed by atoms with van der Waals surface area (Å²) in [5.74, 6) is 0.527. The summed E-state index contributed by atoms with van der Waals surface area (Å²) in [5, 5.41) is 6.47. The second-order valence-electron chi connectivity index (χ2n) is 8.41. The minimum atomic E-state index is -3.56. The summed E-state index contributed by atoms with van der Waals surface area (Å²) >= 11 is 0. The number of hydrogen-bond donors (Lipinski definition) is 1. The van der Waals surface area contributed by atoms with Gasteiger partial charge in [-0.15, -0.1) is 0 Å². The third-order valence-electron chi connectivity index (χ3n) is 5.17. The van der Waals surface area contributed by atoms with Crippen LogP contribution in [0.15, 0.2) is 33.7 Å². The summed E-state index contributed by atoms with van der Waals surface area (Å²) in [5.41, 5.74) is 1.05. The van der Waals surface area contributed by atoms with E-state index in [1.54, 1.807) is 19.1 Å². The number of nitrogens with one attached hydrogen (secondary N) is 1. The van der Waals surface area contributed by atoms with Gasteiger partial charge in [-0.25, -0.2) is 8.42 Å². The maximum atomic E-state index is 12.9. The fourth-order valence-electron chi connectivity index (χ4n) is 3.35. The van der Waals surface area contributed by atoms with Crippen LogP contribution in [0.25, 0.3) is 0 Å². The average Bonchev–Trinajstić information content (AvgIpc) is 3.11. The van der Waals surface area contributed by atoms with E-state index in [9.17, 15) is 13.2 Å². The van der Waals surface area contributed by atoms with Gasteiger partial charge in [-0.3, -0.25) is 4.79 Å². The number of carbonyl (C=O) groups excluding carboxylic acids is 1. The zero-order valence-electron chi connectivity index (χ0n) is 17.3. The highest BCUT2D eigenvalue weighted by molar-refractivity contribution is 7.89. The lowest BCUT2D eigenvalue weighted by Crippen LogP contribution is -2.42. The van der Waals surface area contributed by atoms with Gasteiger partial charge < -0.3 is 9.84 Å². The Morgan fingerprint density at radius 1 is 1.21 bits per heavy atom. The first-order valence-electron chi connectivity index (χ1n) is 9.75. The Balaban J connectivity index is 1.57. The van der Waals surface area contributed by atoms with Crippen molar-refractivity contribution in [1.29, 1.82) is 0 Å². The van der Waals surface area contributed by atoms with Crippen molar-refractivity contribution in [3.63, 3.8) is 0 Å². The van der Waals surface area contributed by atoms with Crippen LogP contribution in [0.1, 0.15) is 50.9 Å². The molecule has 0 saturated carbocycles. The van der Waals surface area contributed by atoms with Crippen molar-refractivity contribution >= 4 is 15.9 Å². The summed E-state index contributed by atoms with van der Waals surface area (Å²) in [6.07, 6.45) is 0.960. The molecule has 1 amide bonds. The van der Waals surface area contributed by atoms with Crippen LogP contribution >= 0.6 is 0 Å². The van der Waals surface area contributed by atoms with Gasteiger partial charge in [0.15, 0.2) is 5.82 Å². The molecule has 0 bridgehead atoms. The fraction of sp³-hybridized carbons (Fsp3) is 0.550. The molecular weight excluding hydrogens is 392 g/mol. The summed E-state index contributed by atoms with van der Waals surface area (Å²) in [6, 6.07) is 7.07. The Morgan fingerprint density at radius 3 is 2.34 bits per heavy atom. The van der Waals surface area contributed by atoms with Gasteiger partial charge in [0, 0.05) is 19.0 Å². The van der Waals surface area contributed by atoms with E-state index < -0.39 is 10.0 Å². The smallest absolute Gasteiger partial charge is 0.246 e. The number of nitrogens with zero attached hydrogens (tertiary/aromatic N) is 3. The Morgan fingerprint density at radius 2 is 1.83 bits per heavy atom. The summed E-state index contributed by atoms with van der Waals surface area (Å²) in [4.78, 5) is 16.7. The fourth-order valence-corrected chi connectivity index (χ4v) is 4.82. The Bertz CT molecular complexity index is 953. The first-order valence-corrected chi connectivity index (χ1v) is 11.2. The van der Waals surface area contributed by atoms with E-state index in [2.05, 4.69) is 36.2 Å². The number of carbonyl (C=O) groups is 1. The molecular formula is C20H28N4O4S. The van der Waals surface area contributed by atoms with Gasteiger partial charge in [-0.1, -0.05) is 38.1 Å². The van der Waals surface area contributed by atoms with Crippen LogP contribution in [0.2, 0.25) is 0 Å². The summed E-state index contributed by atoms with van der Waals surface area (Å²) < 4.78 is 32.3. The van der Waals surface area contributed by atoms with Crippen molar-refractivity contribution in [3.8, 4) is 0 Å². The molecule has 1 aliphatic heterocycles. The van der Waals surface area contributed by atoms with E-state index >= 15 is 0 Å². The maximum absolute atomic E-state index is 12.9. The molecule has 1 fully saturated rings. The van der Waals surface area contributed by atoms with Gasteiger partial charge in [0.25, 0.3) is 0 Å². The second-order valence-corrected chi connectivity index (χ2v) is 10.3. The number of hydrogen-bond acceptors (Lipinski definition) is 6. The van der Waals surface area contributed by atoms with Crippen LogP contribution in [-0.2, 0) is 26.8 Å². The molecule has 9 heteroatoms. The predicted molar refractivity (Wildman–Crippen MR) is 108 cm³/mol. The highest BCUT2D eigenvalue weighted by Crippen LogP contribution is 2.27. The van der Waals surface area contributed by atoms with Gasteiger partial charge in [0.05, 0.1) is 11.4 Å². The van der Waals surface area contributed by atoms with Crippen molar-refractivity contribution in [3.05, 3.63) is 41.5 Å². The first-order chi connectivity index (χ1) is 13.6. The van der Waals surface area contributed by atoms with Gasteiger partial charge >= 0.3 is 0 Å². The lowest BCUT2D eigenvalue weighted by Gasteiger charge is -2.30. The van der Waals surface area contributed by atoms with Crippen LogP contribution < -0.4 is 5.32 Å². The molecule has 8 nitrogen and oxygen atoms in total. The van der Waals surface area contributed by atoms with Gasteiger partial charge in [0.1, 0.15) is 0 Å². The van der Waals surface area contributed by atoms with E-state index in [1.807, 2.05) is 12.1 Å². The van der Waals surface area contributed by atoms with E-state index in [-0.39, 0.29) is 23.8 Å². The molecule has 0 radical (unpaired) electrons. The number of piperidine rings is 1. The zero-order valence-corrected chi connectivity index (χ0v) is 18.1. The number of aryl methyl sites for hydroxylation is 1. The topological polar surface area (TPSA) is 105 Å². The van der Waals surface area contributed by atoms with Gasteiger partial charge in [0.2, 0.25) is 21.8 Å². The zero-order chi connectivity index (χ0) is 21.2. The van der Waals surface area contributed by atoms with Crippen LogP contribution in [-0.4, -0.2) is 41.9 Å². The van der Waals surface area contributed by atoms with Crippen LogP contribution in [0, 0.1) is 12.8 Å². The van der Waals surface area contributed by atoms with E-state index in [0.717, 1.165) is 5.56 Å². The molecule has 0 unspecified atom stereocenters. The van der Waals surface area contributed by atoms with Crippen molar-refractivity contribution in [1.82, 2.24) is 19.8 Å². The summed E-state index contributed by atoms with van der Waals surface area (Å²) in [7, 11) is -3.56. The summed E-state index contributed by atoms with van der Waals surface area (Å²) in [6.45, 7) is 8.80. The highest BCUT2D eigenvalue weighted by Gasteiger charge is 2.32. The molecule has 0 aliphatic carbocycles. The number of rotatable bonds is 5. The molecule has 1 N–H and O–H groups in total. The van der Waals surface area contributed by atoms with Crippen LogP contribution in [0.4, 0.5) is 0 Å². The molecule has 1 aromatic heterocycles. The molecule has 3 rings (SSSR count). The third-order valence-corrected chi connectivity index (χ3v) is 7.08. The number of aromatic nitrogens is 2. The van der Waals surface area contributed by atoms with E-state index in [0.29, 0.717) is 42.5 Å². The number of amides is 1. The van der Waals surface area contributed by atoms with Crippen molar-refractivity contribution in [2.75, 3.05) is 13.1 Å². The highest BCUT2D eigenvalue weighted by atomic mass is 32.2. The lowest BCUT2D eigenvalue weighted by atomic mass is 9.87. The minimum Gasteiger partial charge on any atom is -0.347 e. The number of benzene rings is 1. The van der Waals surface area contributed by atoms with Crippen LogP contribution in [0.5, 0.6) is 0 Å². The average molecular weight is 421 g/mol. The molecule has 1 saturated heterocycles. The molecule has 2 aromatic rings. The van der Waals surface area contributed by atoms with Crippen molar-refractivity contribution in [2.45, 2.75) is 57.4 Å². The predicted octanol–water partition coefficient (Wildman–Crippen LogP) is 2.39. The largest absolute Gasteiger partial charge is 0.347 e. The third kappa shape index (κ3) is 5.02. The van der Waals surface area contributed by atoms with E-state index in [1.165, 1.54) is 4.31 Å². The minimum absolute atomic E-state index is 0.0338. The Hall–Kier alpha value is -2.26. The van der Waals surface area contributed by atoms with Gasteiger partial charge in [-0.05, 0) is 42.9 Å². The first kappa shape index (κ1) is 21.4. The quantitative estimate of drug-likeness (QED) is 0.796. The maximum Gasteiger partial charge on any atom is 0.246 e. The molecule has 0 spiro atoms. The second kappa shape index (κ2) is 8.23. The normalized spacial score (nSPS) is 16.7. The van der Waals surface area contributed by atoms with Crippen molar-refractivity contribution < 1.29 is 17.7 Å². The molecule has 1 aliphatic rings. The number of sulfonamides is 1. The molecule has 0 atom stereocenters. The van der Waals surface area contributed by atoms with E-state index in [4.69, 9.17) is 4.52 Å². The molecule has 1 aromatic carbocycles. The standard InChI is InChI=1S/C20H28N4O4S/c1-14-22-18(28-23-14)13-21-19(25)15-9-11-24(12-10-15)29(26,27)17-7-5-16(6-8-17)20(2,3)4/h5-8,15H,9-13H2,1-4H3,(H,21,25). The van der Waals surface area contributed by atoms with Crippen LogP contribution in [0.3, 0.4) is 0 Å². The Kier molecular flexibility index (Phi) is 6.09. The monoisotopic (exact) mass is 420 g/mol. The van der Waals surface area contributed by atoms with Gasteiger partial charge in [-0.2, -0.15) is 9.29 Å². The Labute approximate surface area is 171 Å². The molecule has 29 heavy (non-hydrogen) atoms. The lowest BCUT2D eigenvalue weighted by molar-refractivity contribution is -0.126. The molecule has 2 heterocycles.